The number of hydrogen-bond acceptors (Lipinski definition) is 2. The van der Waals surface area contributed by atoms with Gasteiger partial charge in [0, 0.05) is 24.7 Å². The first-order valence-corrected chi connectivity index (χ1v) is 8.13. The van der Waals surface area contributed by atoms with Gasteiger partial charge in [0.2, 0.25) is 5.91 Å². The lowest BCUT2D eigenvalue weighted by molar-refractivity contribution is -0.120. The fourth-order valence-electron chi connectivity index (χ4n) is 3.36. The van der Waals surface area contributed by atoms with Crippen LogP contribution in [0.15, 0.2) is 24.3 Å². The molecule has 2 unspecified atom stereocenters. The molecule has 2 heterocycles. The molecule has 7 heteroatoms. The van der Waals surface area contributed by atoms with Crippen LogP contribution in [0.1, 0.15) is 25.8 Å². The molecule has 0 saturated carbocycles. The summed E-state index contributed by atoms with van der Waals surface area (Å²) in [6.07, 6.45) is 0.431. The van der Waals surface area contributed by atoms with Crippen LogP contribution in [-0.2, 0) is 11.2 Å². The number of rotatable bonds is 2. The molecule has 0 aromatic heterocycles. The van der Waals surface area contributed by atoms with Crippen LogP contribution in [0, 0.1) is 0 Å². The minimum absolute atomic E-state index is 0.00267. The summed E-state index contributed by atoms with van der Waals surface area (Å²) in [4.78, 5) is 27.6. The van der Waals surface area contributed by atoms with Crippen molar-refractivity contribution < 1.29 is 18.4 Å². The summed E-state index contributed by atoms with van der Waals surface area (Å²) in [6.45, 7) is 2.95. The lowest BCUT2D eigenvalue weighted by Crippen LogP contribution is -2.52. The molecule has 1 aromatic carbocycles. The Morgan fingerprint density at radius 3 is 2.71 bits per heavy atom. The summed E-state index contributed by atoms with van der Waals surface area (Å²) in [5.74, 6) is -3.07. The van der Waals surface area contributed by atoms with Gasteiger partial charge in [-0.3, -0.25) is 4.79 Å². The van der Waals surface area contributed by atoms with Crippen molar-refractivity contribution in [1.29, 1.82) is 0 Å². The Balaban J connectivity index is 1.66. The zero-order valence-corrected chi connectivity index (χ0v) is 13.8. The molecule has 0 bridgehead atoms. The molecule has 1 saturated heterocycles. The summed E-state index contributed by atoms with van der Waals surface area (Å²) in [5.41, 5.74) is 1.94. The maximum absolute atomic E-state index is 13.2. The summed E-state index contributed by atoms with van der Waals surface area (Å²) >= 11 is 0. The van der Waals surface area contributed by atoms with Gasteiger partial charge in [0.15, 0.2) is 0 Å². The van der Waals surface area contributed by atoms with Crippen LogP contribution in [0.4, 0.5) is 19.3 Å². The van der Waals surface area contributed by atoms with E-state index < -0.39 is 24.5 Å². The number of carbonyl (C=O) groups excluding carboxylic acids is 2. The largest absolute Gasteiger partial charge is 0.326 e. The van der Waals surface area contributed by atoms with E-state index in [2.05, 4.69) is 5.32 Å². The molecule has 24 heavy (non-hydrogen) atoms. The number of fused-ring (bicyclic) bond motifs is 1. The van der Waals surface area contributed by atoms with Gasteiger partial charge in [0.1, 0.15) is 6.04 Å². The van der Waals surface area contributed by atoms with E-state index >= 15 is 0 Å². The smallest absolute Gasteiger partial charge is 0.318 e. The summed E-state index contributed by atoms with van der Waals surface area (Å²) in [6, 6.07) is 6.27. The van der Waals surface area contributed by atoms with Gasteiger partial charge in [0.05, 0.1) is 6.54 Å². The number of alkyl halides is 2. The molecule has 1 N–H and O–H groups in total. The average Bonchev–Trinajstić information content (AvgIpc) is 3.05. The van der Waals surface area contributed by atoms with Crippen molar-refractivity contribution in [1.82, 2.24) is 10.2 Å². The summed E-state index contributed by atoms with van der Waals surface area (Å²) in [7, 11) is 0. The van der Waals surface area contributed by atoms with Crippen molar-refractivity contribution in [2.45, 2.75) is 44.7 Å². The molecular formula is C17H21F2N3O2. The molecular weight excluding hydrogens is 316 g/mol. The topological polar surface area (TPSA) is 52.7 Å². The Morgan fingerprint density at radius 2 is 2.04 bits per heavy atom. The third kappa shape index (κ3) is 3.07. The predicted molar refractivity (Wildman–Crippen MR) is 86.2 cm³/mol. The highest BCUT2D eigenvalue weighted by atomic mass is 19.3. The lowest BCUT2D eigenvalue weighted by Gasteiger charge is -2.27. The second kappa shape index (κ2) is 6.03. The lowest BCUT2D eigenvalue weighted by atomic mass is 10.1. The van der Waals surface area contributed by atoms with Crippen molar-refractivity contribution in [3.63, 3.8) is 0 Å². The van der Waals surface area contributed by atoms with Crippen LogP contribution >= 0.6 is 0 Å². The third-order valence-electron chi connectivity index (χ3n) is 4.61. The van der Waals surface area contributed by atoms with Crippen LogP contribution in [-0.4, -0.2) is 47.9 Å². The quantitative estimate of drug-likeness (QED) is 0.901. The van der Waals surface area contributed by atoms with Crippen LogP contribution < -0.4 is 10.2 Å². The number of hydrogen-bond donors (Lipinski definition) is 1. The molecule has 3 amide bonds. The number of amides is 3. The van der Waals surface area contributed by atoms with E-state index in [0.29, 0.717) is 0 Å². The highest BCUT2D eigenvalue weighted by Crippen LogP contribution is 2.32. The van der Waals surface area contributed by atoms with E-state index in [1.54, 1.807) is 11.8 Å². The molecule has 3 rings (SSSR count). The Hall–Kier alpha value is -2.18. The Morgan fingerprint density at radius 1 is 1.33 bits per heavy atom. The number of carbonyl (C=O) groups is 2. The standard InChI is InChI=1S/C17H21F2N3O2/c1-11-9-13-5-3-4-6-14(13)22(11)15(23)12(2)20-16(24)21-8-7-17(18,19)10-21/h3-6,11-12H,7-10H2,1-2H3,(H,20,24). The Kier molecular flexibility index (Phi) is 4.19. The maximum Gasteiger partial charge on any atom is 0.318 e. The van der Waals surface area contributed by atoms with Gasteiger partial charge < -0.3 is 15.1 Å². The fraction of sp³-hybridized carbons (Fsp3) is 0.529. The van der Waals surface area contributed by atoms with Crippen LogP contribution in [0.2, 0.25) is 0 Å². The molecule has 0 radical (unpaired) electrons. The van der Waals surface area contributed by atoms with E-state index in [0.717, 1.165) is 22.6 Å². The van der Waals surface area contributed by atoms with Crippen molar-refractivity contribution in [3.05, 3.63) is 29.8 Å². The molecule has 130 valence electrons. The minimum Gasteiger partial charge on any atom is -0.326 e. The Labute approximate surface area is 139 Å². The first-order chi connectivity index (χ1) is 11.3. The number of para-hydroxylation sites is 1. The van der Waals surface area contributed by atoms with Crippen LogP contribution in [0.25, 0.3) is 0 Å². The average molecular weight is 337 g/mol. The summed E-state index contributed by atoms with van der Waals surface area (Å²) in [5, 5.41) is 2.55. The number of nitrogens with one attached hydrogen (secondary N) is 1. The van der Waals surface area contributed by atoms with E-state index in [4.69, 9.17) is 0 Å². The van der Waals surface area contributed by atoms with E-state index in [1.165, 1.54) is 0 Å². The highest BCUT2D eigenvalue weighted by molar-refractivity contribution is 6.00. The predicted octanol–water partition coefficient (Wildman–Crippen LogP) is 2.40. The van der Waals surface area contributed by atoms with Crippen LogP contribution in [0.5, 0.6) is 0 Å². The van der Waals surface area contributed by atoms with Crippen molar-refractivity contribution in [2.75, 3.05) is 18.0 Å². The third-order valence-corrected chi connectivity index (χ3v) is 4.61. The Bertz CT molecular complexity index is 665. The number of urea groups is 1. The number of nitrogens with zero attached hydrogens (tertiary/aromatic N) is 2. The zero-order valence-electron chi connectivity index (χ0n) is 13.8. The minimum atomic E-state index is -2.84. The van der Waals surface area contributed by atoms with Gasteiger partial charge in [-0.25, -0.2) is 13.6 Å². The zero-order chi connectivity index (χ0) is 17.5. The van der Waals surface area contributed by atoms with E-state index in [-0.39, 0.29) is 24.9 Å². The van der Waals surface area contributed by atoms with Gasteiger partial charge in [-0.1, -0.05) is 18.2 Å². The normalized spacial score (nSPS) is 23.1. The molecule has 0 aliphatic carbocycles. The molecule has 1 aromatic rings. The second-order valence-corrected chi connectivity index (χ2v) is 6.59. The van der Waals surface area contributed by atoms with Crippen molar-refractivity contribution >= 4 is 17.6 Å². The number of halogens is 2. The fourth-order valence-corrected chi connectivity index (χ4v) is 3.36. The molecule has 1 fully saturated rings. The first-order valence-electron chi connectivity index (χ1n) is 8.13. The summed E-state index contributed by atoms with van der Waals surface area (Å²) < 4.78 is 26.4. The van der Waals surface area contributed by atoms with Crippen molar-refractivity contribution in [2.24, 2.45) is 0 Å². The van der Waals surface area contributed by atoms with Gasteiger partial charge in [-0.15, -0.1) is 0 Å². The molecule has 5 nitrogen and oxygen atoms in total. The highest BCUT2D eigenvalue weighted by Gasteiger charge is 2.41. The SMILES string of the molecule is CC(NC(=O)N1CCC(F)(F)C1)C(=O)N1c2ccccc2CC1C. The maximum atomic E-state index is 13.2. The molecule has 2 atom stereocenters. The van der Waals surface area contributed by atoms with E-state index in [1.807, 2.05) is 31.2 Å². The molecule has 0 spiro atoms. The second-order valence-electron chi connectivity index (χ2n) is 6.59. The van der Waals surface area contributed by atoms with Crippen molar-refractivity contribution in [3.8, 4) is 0 Å². The van der Waals surface area contributed by atoms with Gasteiger partial charge in [-0.05, 0) is 31.9 Å². The number of benzene rings is 1. The molecule has 2 aliphatic heterocycles. The van der Waals surface area contributed by atoms with Crippen LogP contribution in [0.3, 0.4) is 0 Å². The van der Waals surface area contributed by atoms with E-state index in [9.17, 15) is 18.4 Å². The van der Waals surface area contributed by atoms with Gasteiger partial charge >= 0.3 is 6.03 Å². The first kappa shape index (κ1) is 16.7. The number of anilines is 1. The van der Waals surface area contributed by atoms with Gasteiger partial charge in [-0.2, -0.15) is 0 Å². The monoisotopic (exact) mass is 337 g/mol. The van der Waals surface area contributed by atoms with Gasteiger partial charge in [0.25, 0.3) is 5.92 Å². The molecule has 2 aliphatic rings. The number of likely N-dealkylation sites (tertiary alicyclic amines) is 1.